The van der Waals surface area contributed by atoms with Gasteiger partial charge in [0.15, 0.2) is 0 Å². The van der Waals surface area contributed by atoms with Crippen molar-refractivity contribution in [1.82, 2.24) is 0 Å². The number of carbonyl (C=O) groups is 1. The lowest BCUT2D eigenvalue weighted by Gasteiger charge is -2.22. The molecule has 1 amide bonds. The second kappa shape index (κ2) is 5.86. The second-order valence-corrected chi connectivity index (χ2v) is 6.44. The van der Waals surface area contributed by atoms with E-state index in [9.17, 15) is 17.6 Å². The Labute approximate surface area is 117 Å². The summed E-state index contributed by atoms with van der Waals surface area (Å²) in [7, 11) is -2.51. The highest BCUT2D eigenvalue weighted by Gasteiger charge is 2.22. The Morgan fingerprint density at radius 3 is 2.50 bits per heavy atom. The molecule has 20 heavy (non-hydrogen) atoms. The van der Waals surface area contributed by atoms with Gasteiger partial charge in [0.1, 0.15) is 5.82 Å². The van der Waals surface area contributed by atoms with Crippen LogP contribution in [0.25, 0.3) is 0 Å². The van der Waals surface area contributed by atoms with Crippen molar-refractivity contribution >= 4 is 21.6 Å². The molecule has 0 bridgehead atoms. The molecule has 0 aliphatic heterocycles. The summed E-state index contributed by atoms with van der Waals surface area (Å²) in [5.74, 6) is -1.32. The first kappa shape index (κ1) is 16.5. The van der Waals surface area contributed by atoms with Gasteiger partial charge in [0.25, 0.3) is 0 Å². The van der Waals surface area contributed by atoms with Gasteiger partial charge in [-0.15, -0.1) is 0 Å². The van der Waals surface area contributed by atoms with Crippen LogP contribution in [0.3, 0.4) is 0 Å². The van der Waals surface area contributed by atoms with Crippen LogP contribution in [-0.2, 0) is 19.6 Å². The van der Waals surface area contributed by atoms with Gasteiger partial charge in [0.2, 0.25) is 15.9 Å². The molecular weight excluding hydrogens is 287 g/mol. The Morgan fingerprint density at radius 2 is 2.05 bits per heavy atom. The number of primary sulfonamides is 1. The minimum absolute atomic E-state index is 0.0277. The van der Waals surface area contributed by atoms with Crippen LogP contribution in [0.5, 0.6) is 0 Å². The van der Waals surface area contributed by atoms with E-state index in [2.05, 4.69) is 5.32 Å². The summed E-state index contributed by atoms with van der Waals surface area (Å²) in [5.41, 5.74) is -0.796. The number of nitrogens with one attached hydrogen (secondary N) is 1. The Bertz CT molecular complexity index is 614. The van der Waals surface area contributed by atoms with Crippen molar-refractivity contribution in [2.24, 2.45) is 5.14 Å². The average molecular weight is 304 g/mol. The molecule has 0 heterocycles. The Kier molecular flexibility index (Phi) is 4.85. The second-order valence-electron chi connectivity index (χ2n) is 4.88. The number of halogens is 1. The van der Waals surface area contributed by atoms with Crippen LogP contribution in [0.4, 0.5) is 10.1 Å². The third-order valence-electron chi connectivity index (χ3n) is 2.68. The van der Waals surface area contributed by atoms with E-state index < -0.39 is 27.3 Å². The number of ether oxygens (including phenoxy) is 1. The molecular formula is C12H17FN2O4S. The number of anilines is 1. The molecule has 0 fully saturated rings. The summed E-state index contributed by atoms with van der Waals surface area (Å²) in [6.07, 6.45) is 0.0277. The van der Waals surface area contributed by atoms with E-state index in [0.717, 1.165) is 18.2 Å². The molecule has 3 N–H and O–H groups in total. The van der Waals surface area contributed by atoms with E-state index in [1.165, 1.54) is 7.11 Å². The Hall–Kier alpha value is -1.51. The van der Waals surface area contributed by atoms with Crippen LogP contribution in [0.1, 0.15) is 20.3 Å². The fourth-order valence-corrected chi connectivity index (χ4v) is 1.95. The van der Waals surface area contributed by atoms with Gasteiger partial charge in [-0.25, -0.2) is 17.9 Å². The lowest BCUT2D eigenvalue weighted by molar-refractivity contribution is -0.121. The molecule has 1 rings (SSSR count). The van der Waals surface area contributed by atoms with E-state index in [-0.39, 0.29) is 17.0 Å². The largest absolute Gasteiger partial charge is 0.378 e. The van der Waals surface area contributed by atoms with Crippen LogP contribution in [0, 0.1) is 5.82 Å². The number of hydrogen-bond acceptors (Lipinski definition) is 4. The third-order valence-corrected chi connectivity index (χ3v) is 3.59. The van der Waals surface area contributed by atoms with E-state index >= 15 is 0 Å². The summed E-state index contributed by atoms with van der Waals surface area (Å²) >= 11 is 0. The summed E-state index contributed by atoms with van der Waals surface area (Å²) in [5, 5.41) is 7.23. The average Bonchev–Trinajstić information content (AvgIpc) is 2.29. The number of amides is 1. The standard InChI is InChI=1S/C12H17FN2O4S/c1-12(2,19-3)7-11(16)15-10-5-4-8(6-9(10)13)20(14,17)18/h4-6H,7H2,1-3H3,(H,15,16)(H2,14,17,18). The molecule has 0 atom stereocenters. The van der Waals surface area contributed by atoms with E-state index in [4.69, 9.17) is 9.88 Å². The molecule has 0 saturated carbocycles. The molecule has 1 aromatic rings. The first-order chi connectivity index (χ1) is 9.05. The summed E-state index contributed by atoms with van der Waals surface area (Å²) in [4.78, 5) is 11.4. The van der Waals surface area contributed by atoms with E-state index in [0.29, 0.717) is 0 Å². The lowest BCUT2D eigenvalue weighted by Crippen LogP contribution is -2.29. The molecule has 0 unspecified atom stereocenters. The summed E-state index contributed by atoms with van der Waals surface area (Å²) in [6.45, 7) is 3.43. The first-order valence-electron chi connectivity index (χ1n) is 5.72. The Balaban J connectivity index is 2.87. The molecule has 112 valence electrons. The number of carbonyl (C=O) groups excluding carboxylic acids is 1. The van der Waals surface area contributed by atoms with Crippen molar-refractivity contribution in [3.63, 3.8) is 0 Å². The van der Waals surface area contributed by atoms with Crippen LogP contribution in [-0.4, -0.2) is 27.0 Å². The van der Waals surface area contributed by atoms with E-state index in [1.807, 2.05) is 0 Å². The zero-order valence-electron chi connectivity index (χ0n) is 11.4. The molecule has 1 aromatic carbocycles. The predicted molar refractivity (Wildman–Crippen MR) is 72.1 cm³/mol. The van der Waals surface area contributed by atoms with Crippen molar-refractivity contribution in [3.05, 3.63) is 24.0 Å². The number of methoxy groups -OCH3 is 1. The van der Waals surface area contributed by atoms with Gasteiger partial charge in [-0.2, -0.15) is 0 Å². The van der Waals surface area contributed by atoms with Gasteiger partial charge < -0.3 is 10.1 Å². The lowest BCUT2D eigenvalue weighted by atomic mass is 10.0. The van der Waals surface area contributed by atoms with Crippen molar-refractivity contribution in [2.45, 2.75) is 30.8 Å². The molecule has 0 spiro atoms. The quantitative estimate of drug-likeness (QED) is 0.854. The number of nitrogens with two attached hydrogens (primary N) is 1. The SMILES string of the molecule is COC(C)(C)CC(=O)Nc1ccc(S(N)(=O)=O)cc1F. The van der Waals surface area contributed by atoms with Gasteiger partial charge in [-0.3, -0.25) is 4.79 Å². The topological polar surface area (TPSA) is 98.5 Å². The number of benzene rings is 1. The van der Waals surface area contributed by atoms with Crippen molar-refractivity contribution in [2.75, 3.05) is 12.4 Å². The summed E-state index contributed by atoms with van der Waals surface area (Å²) < 4.78 is 40.9. The zero-order valence-corrected chi connectivity index (χ0v) is 12.3. The molecule has 0 radical (unpaired) electrons. The monoisotopic (exact) mass is 304 g/mol. The highest BCUT2D eigenvalue weighted by molar-refractivity contribution is 7.89. The maximum atomic E-state index is 13.7. The predicted octanol–water partition coefficient (Wildman–Crippen LogP) is 1.23. The molecule has 0 aromatic heterocycles. The highest BCUT2D eigenvalue weighted by Crippen LogP contribution is 2.20. The van der Waals surface area contributed by atoms with Crippen LogP contribution < -0.4 is 10.5 Å². The van der Waals surface area contributed by atoms with Crippen LogP contribution >= 0.6 is 0 Å². The van der Waals surface area contributed by atoms with Crippen LogP contribution in [0.15, 0.2) is 23.1 Å². The first-order valence-corrected chi connectivity index (χ1v) is 7.27. The van der Waals surface area contributed by atoms with Crippen LogP contribution in [0.2, 0.25) is 0 Å². The maximum Gasteiger partial charge on any atom is 0.238 e. The normalized spacial score (nSPS) is 12.2. The van der Waals surface area contributed by atoms with Crippen molar-refractivity contribution < 1.29 is 22.3 Å². The van der Waals surface area contributed by atoms with Gasteiger partial charge in [0.05, 0.1) is 22.6 Å². The van der Waals surface area contributed by atoms with Gasteiger partial charge in [-0.1, -0.05) is 0 Å². The van der Waals surface area contributed by atoms with Gasteiger partial charge >= 0.3 is 0 Å². The molecule has 6 nitrogen and oxygen atoms in total. The highest BCUT2D eigenvalue weighted by atomic mass is 32.2. The number of rotatable bonds is 5. The molecule has 0 saturated heterocycles. The van der Waals surface area contributed by atoms with Gasteiger partial charge in [0, 0.05) is 7.11 Å². The smallest absolute Gasteiger partial charge is 0.238 e. The summed E-state index contributed by atoms with van der Waals surface area (Å²) in [6, 6.07) is 3.02. The number of sulfonamides is 1. The van der Waals surface area contributed by atoms with Gasteiger partial charge in [-0.05, 0) is 32.0 Å². The third kappa shape index (κ3) is 4.55. The molecule has 8 heteroatoms. The minimum Gasteiger partial charge on any atom is -0.378 e. The zero-order chi connectivity index (χ0) is 15.6. The fourth-order valence-electron chi connectivity index (χ4n) is 1.43. The fraction of sp³-hybridized carbons (Fsp3) is 0.417. The minimum atomic E-state index is -3.98. The Morgan fingerprint density at radius 1 is 1.45 bits per heavy atom. The van der Waals surface area contributed by atoms with E-state index in [1.54, 1.807) is 13.8 Å². The maximum absolute atomic E-state index is 13.7. The molecule has 0 aliphatic rings. The van der Waals surface area contributed by atoms with Crippen molar-refractivity contribution in [1.29, 1.82) is 0 Å². The molecule has 0 aliphatic carbocycles. The van der Waals surface area contributed by atoms with Crippen molar-refractivity contribution in [3.8, 4) is 0 Å². The number of hydrogen-bond donors (Lipinski definition) is 2.